The van der Waals surface area contributed by atoms with Crippen LogP contribution in [0.5, 0.6) is 0 Å². The van der Waals surface area contributed by atoms with E-state index in [1.165, 1.54) is 32.4 Å². The molecule has 0 saturated carbocycles. The quantitative estimate of drug-likeness (QED) is 0.560. The second-order valence-electron chi connectivity index (χ2n) is 10.3. The van der Waals surface area contributed by atoms with Gasteiger partial charge in [-0.3, -0.25) is 18.6 Å². The van der Waals surface area contributed by atoms with Crippen LogP contribution in [0.1, 0.15) is 58.2 Å². The summed E-state index contributed by atoms with van der Waals surface area (Å²) >= 11 is 0. The van der Waals surface area contributed by atoms with E-state index in [1.54, 1.807) is 4.57 Å². The second kappa shape index (κ2) is 9.86. The van der Waals surface area contributed by atoms with Crippen LogP contribution in [0.25, 0.3) is 16.7 Å². The molecule has 0 aliphatic carbocycles. The van der Waals surface area contributed by atoms with Gasteiger partial charge in [-0.15, -0.1) is 10.2 Å². The number of amides is 1. The summed E-state index contributed by atoms with van der Waals surface area (Å²) in [6.45, 7) is 8.87. The number of carbonyl (C=O) groups is 1. The van der Waals surface area contributed by atoms with Crippen molar-refractivity contribution < 1.29 is 4.79 Å². The number of hydrogen-bond acceptors (Lipinski definition) is 5. The standard InChI is InChI=1S/C26H36N6O2/c1-19(2)18-31-25(34)21-8-4-5-9-22(21)32-23(27-28-26(31)32)10-11-24(33)30-16-12-20(13-17-30)29-14-6-3-7-15-29/h4-5,8-9,19-20H,3,6-7,10-18H2,1-2H3. The highest BCUT2D eigenvalue weighted by molar-refractivity contribution is 5.80. The Bertz CT molecular complexity index is 1220. The van der Waals surface area contributed by atoms with Gasteiger partial charge in [0.05, 0.1) is 10.9 Å². The fourth-order valence-electron chi connectivity index (χ4n) is 5.65. The number of rotatable bonds is 6. The molecule has 2 aliphatic heterocycles. The zero-order valence-corrected chi connectivity index (χ0v) is 20.4. The predicted octanol–water partition coefficient (Wildman–Crippen LogP) is 3.11. The van der Waals surface area contributed by atoms with Gasteiger partial charge in [-0.1, -0.05) is 32.4 Å². The molecule has 0 bridgehead atoms. The summed E-state index contributed by atoms with van der Waals surface area (Å²) in [4.78, 5) is 30.8. The molecule has 5 rings (SSSR count). The first kappa shape index (κ1) is 23.0. The molecule has 0 N–H and O–H groups in total. The molecule has 2 aromatic heterocycles. The van der Waals surface area contributed by atoms with E-state index in [9.17, 15) is 9.59 Å². The smallest absolute Gasteiger partial charge is 0.262 e. The van der Waals surface area contributed by atoms with Crippen LogP contribution in [0.4, 0.5) is 0 Å². The van der Waals surface area contributed by atoms with Crippen molar-refractivity contribution in [2.75, 3.05) is 26.2 Å². The lowest BCUT2D eigenvalue weighted by molar-refractivity contribution is -0.132. The van der Waals surface area contributed by atoms with E-state index in [1.807, 2.05) is 33.6 Å². The van der Waals surface area contributed by atoms with Gasteiger partial charge in [0, 0.05) is 38.5 Å². The van der Waals surface area contributed by atoms with E-state index in [0.717, 1.165) is 37.3 Å². The van der Waals surface area contributed by atoms with E-state index in [-0.39, 0.29) is 11.5 Å². The van der Waals surface area contributed by atoms with Gasteiger partial charge in [0.15, 0.2) is 0 Å². The topological polar surface area (TPSA) is 75.7 Å². The molecule has 182 valence electrons. The first-order valence-corrected chi connectivity index (χ1v) is 12.9. The molecule has 1 aromatic carbocycles. The first-order chi connectivity index (χ1) is 16.5. The molecule has 0 spiro atoms. The largest absolute Gasteiger partial charge is 0.343 e. The Labute approximate surface area is 200 Å². The van der Waals surface area contributed by atoms with Crippen molar-refractivity contribution in [1.29, 1.82) is 0 Å². The molecule has 4 heterocycles. The highest BCUT2D eigenvalue weighted by Crippen LogP contribution is 2.22. The monoisotopic (exact) mass is 464 g/mol. The lowest BCUT2D eigenvalue weighted by atomic mass is 9.99. The van der Waals surface area contributed by atoms with Crippen molar-refractivity contribution >= 4 is 22.6 Å². The number of likely N-dealkylation sites (tertiary alicyclic amines) is 2. The van der Waals surface area contributed by atoms with Crippen LogP contribution in [0.15, 0.2) is 29.1 Å². The maximum atomic E-state index is 13.1. The Hall–Kier alpha value is -2.74. The maximum Gasteiger partial charge on any atom is 0.262 e. The molecule has 34 heavy (non-hydrogen) atoms. The minimum Gasteiger partial charge on any atom is -0.343 e. The number of fused-ring (bicyclic) bond motifs is 3. The molecule has 1 amide bonds. The minimum absolute atomic E-state index is 0.0385. The zero-order valence-electron chi connectivity index (χ0n) is 20.4. The lowest BCUT2D eigenvalue weighted by Crippen LogP contribution is -2.48. The molecule has 2 fully saturated rings. The van der Waals surface area contributed by atoms with Gasteiger partial charge in [0.2, 0.25) is 11.7 Å². The average Bonchev–Trinajstić information content (AvgIpc) is 3.29. The number of aromatic nitrogens is 4. The average molecular weight is 465 g/mol. The van der Waals surface area contributed by atoms with Crippen LogP contribution in [0.3, 0.4) is 0 Å². The molecule has 8 nitrogen and oxygen atoms in total. The van der Waals surface area contributed by atoms with Crippen LogP contribution in [0, 0.1) is 5.92 Å². The Morgan fingerprint density at radius 2 is 1.76 bits per heavy atom. The van der Waals surface area contributed by atoms with Crippen LogP contribution in [-0.4, -0.2) is 67.1 Å². The molecule has 0 atom stereocenters. The summed E-state index contributed by atoms with van der Waals surface area (Å²) in [5.74, 6) is 1.79. The zero-order chi connectivity index (χ0) is 23.7. The Balaban J connectivity index is 1.31. The van der Waals surface area contributed by atoms with Crippen molar-refractivity contribution in [3.05, 3.63) is 40.4 Å². The summed E-state index contributed by atoms with van der Waals surface area (Å²) in [5.41, 5.74) is 0.765. The maximum absolute atomic E-state index is 13.1. The minimum atomic E-state index is -0.0385. The van der Waals surface area contributed by atoms with Gasteiger partial charge < -0.3 is 9.80 Å². The summed E-state index contributed by atoms with van der Waals surface area (Å²) in [6.07, 6.45) is 7.05. The van der Waals surface area contributed by atoms with Gasteiger partial charge in [0.25, 0.3) is 5.56 Å². The third-order valence-electron chi connectivity index (χ3n) is 7.41. The Morgan fingerprint density at radius 3 is 2.50 bits per heavy atom. The first-order valence-electron chi connectivity index (χ1n) is 12.9. The highest BCUT2D eigenvalue weighted by atomic mass is 16.2. The Morgan fingerprint density at radius 1 is 1.03 bits per heavy atom. The van der Waals surface area contributed by atoms with E-state index in [0.29, 0.717) is 42.5 Å². The van der Waals surface area contributed by atoms with Gasteiger partial charge in [-0.2, -0.15) is 0 Å². The fourth-order valence-corrected chi connectivity index (χ4v) is 5.65. The van der Waals surface area contributed by atoms with Gasteiger partial charge in [0.1, 0.15) is 5.82 Å². The van der Waals surface area contributed by atoms with Crippen molar-refractivity contribution in [3.8, 4) is 0 Å². The van der Waals surface area contributed by atoms with E-state index in [2.05, 4.69) is 28.9 Å². The molecule has 8 heteroatoms. The number of benzene rings is 1. The molecule has 2 aliphatic rings. The van der Waals surface area contributed by atoms with E-state index >= 15 is 0 Å². The molecular formula is C26H36N6O2. The van der Waals surface area contributed by atoms with Crippen molar-refractivity contribution in [1.82, 2.24) is 29.0 Å². The summed E-state index contributed by atoms with van der Waals surface area (Å²) in [7, 11) is 0. The predicted molar refractivity (Wildman–Crippen MR) is 133 cm³/mol. The molecule has 2 saturated heterocycles. The van der Waals surface area contributed by atoms with Gasteiger partial charge in [-0.25, -0.2) is 0 Å². The van der Waals surface area contributed by atoms with Crippen LogP contribution >= 0.6 is 0 Å². The van der Waals surface area contributed by atoms with Gasteiger partial charge >= 0.3 is 0 Å². The number of aryl methyl sites for hydroxylation is 1. The van der Waals surface area contributed by atoms with Crippen LogP contribution < -0.4 is 5.56 Å². The second-order valence-corrected chi connectivity index (χ2v) is 10.3. The lowest BCUT2D eigenvalue weighted by Gasteiger charge is -2.40. The van der Waals surface area contributed by atoms with Crippen LogP contribution in [0.2, 0.25) is 0 Å². The number of nitrogens with zero attached hydrogens (tertiary/aromatic N) is 6. The van der Waals surface area contributed by atoms with Crippen LogP contribution in [-0.2, 0) is 17.8 Å². The van der Waals surface area contributed by atoms with E-state index in [4.69, 9.17) is 0 Å². The third-order valence-corrected chi connectivity index (χ3v) is 7.41. The van der Waals surface area contributed by atoms with Crippen molar-refractivity contribution in [3.63, 3.8) is 0 Å². The SMILES string of the molecule is CC(C)Cn1c(=O)c2ccccc2n2c(CCC(=O)N3CCC(N4CCCCC4)CC3)nnc12. The number of carbonyl (C=O) groups excluding carboxylic acids is 1. The number of para-hydroxylation sites is 1. The van der Waals surface area contributed by atoms with Crippen molar-refractivity contribution in [2.24, 2.45) is 5.92 Å². The Kier molecular flexibility index (Phi) is 6.68. The fraction of sp³-hybridized carbons (Fsp3) is 0.615. The van der Waals surface area contributed by atoms with E-state index < -0.39 is 0 Å². The normalized spacial score (nSPS) is 18.4. The highest BCUT2D eigenvalue weighted by Gasteiger charge is 2.28. The van der Waals surface area contributed by atoms with Gasteiger partial charge in [-0.05, 0) is 56.8 Å². The molecule has 0 unspecified atom stereocenters. The summed E-state index contributed by atoms with van der Waals surface area (Å²) in [5, 5.41) is 9.46. The van der Waals surface area contributed by atoms with Crippen molar-refractivity contribution in [2.45, 2.75) is 71.4 Å². The third kappa shape index (κ3) is 4.48. The summed E-state index contributed by atoms with van der Waals surface area (Å²) < 4.78 is 3.69. The number of hydrogen-bond donors (Lipinski definition) is 0. The molecule has 3 aromatic rings. The number of piperidine rings is 2. The summed E-state index contributed by atoms with van der Waals surface area (Å²) in [6, 6.07) is 8.24. The molecule has 0 radical (unpaired) electrons. The molecular weight excluding hydrogens is 428 g/mol.